The molecule has 0 unspecified atom stereocenters. The van der Waals surface area contributed by atoms with E-state index in [2.05, 4.69) is 10.2 Å². The summed E-state index contributed by atoms with van der Waals surface area (Å²) in [7, 11) is 0. The first kappa shape index (κ1) is 15.4. The zero-order chi connectivity index (χ0) is 13.0. The summed E-state index contributed by atoms with van der Waals surface area (Å²) in [4.78, 5) is 10.8. The van der Waals surface area contributed by atoms with Crippen molar-refractivity contribution in [1.29, 1.82) is 0 Å². The molecule has 0 atom stereocenters. The molecule has 0 fully saturated rings. The number of carbonyl (C=O) groups is 1. The summed E-state index contributed by atoms with van der Waals surface area (Å²) in [6.07, 6.45) is 0. The van der Waals surface area contributed by atoms with Gasteiger partial charge >= 0.3 is 35.5 Å². The fraction of sp³-hybridized carbons (Fsp3) is 0. The summed E-state index contributed by atoms with van der Waals surface area (Å²) >= 11 is 0. The van der Waals surface area contributed by atoms with E-state index in [0.717, 1.165) is 0 Å². The average Bonchev–Trinajstić information content (AvgIpc) is 2.38. The van der Waals surface area contributed by atoms with Crippen molar-refractivity contribution in [3.05, 3.63) is 54.1 Å². The van der Waals surface area contributed by atoms with Crippen LogP contribution in [0.3, 0.4) is 0 Å². The fourth-order valence-corrected chi connectivity index (χ4v) is 1.37. The van der Waals surface area contributed by atoms with Crippen LogP contribution in [-0.2, 0) is 0 Å². The van der Waals surface area contributed by atoms with Crippen molar-refractivity contribution in [2.75, 3.05) is 0 Å². The molecule has 6 heteroatoms. The maximum Gasteiger partial charge on any atom is 1.00 e. The van der Waals surface area contributed by atoms with Crippen LogP contribution in [0, 0.1) is 0 Å². The van der Waals surface area contributed by atoms with Gasteiger partial charge in [0.05, 0.1) is 11.4 Å². The van der Waals surface area contributed by atoms with Crippen LogP contribution in [-0.4, -0.2) is 16.2 Å². The van der Waals surface area contributed by atoms with E-state index in [1.807, 2.05) is 18.2 Å². The van der Waals surface area contributed by atoms with Crippen LogP contribution in [0.2, 0.25) is 0 Å². The van der Waals surface area contributed by atoms with Gasteiger partial charge in [-0.25, -0.2) is 4.79 Å². The molecule has 0 heterocycles. The van der Waals surface area contributed by atoms with Gasteiger partial charge in [0.25, 0.3) is 0 Å². The summed E-state index contributed by atoms with van der Waals surface area (Å²) in [6.45, 7) is 0. The van der Waals surface area contributed by atoms with Crippen molar-refractivity contribution in [2.45, 2.75) is 0 Å². The van der Waals surface area contributed by atoms with Gasteiger partial charge in [-0.1, -0.05) is 18.2 Å². The van der Waals surface area contributed by atoms with Gasteiger partial charge in [0.2, 0.25) is 0 Å². The van der Waals surface area contributed by atoms with Crippen LogP contribution in [0.1, 0.15) is 10.4 Å². The SMILES string of the molecule is O=C(O)c1cc(N=Nc2ccccc2)ccc1O.[Na+]. The van der Waals surface area contributed by atoms with E-state index in [0.29, 0.717) is 11.4 Å². The Bertz CT molecular complexity index is 600. The van der Waals surface area contributed by atoms with Crippen molar-refractivity contribution in [1.82, 2.24) is 0 Å². The standard InChI is InChI=1S/C13H10N2O3.Na/c16-12-7-6-10(8-11(12)13(17)18)15-14-9-4-2-1-3-5-9;/h1-8,16H,(H,17,18);/q;+1. The number of benzene rings is 2. The number of nitrogens with zero attached hydrogens (tertiary/aromatic N) is 2. The molecule has 0 saturated carbocycles. The van der Waals surface area contributed by atoms with Crippen LogP contribution >= 0.6 is 0 Å². The molecule has 2 rings (SSSR count). The zero-order valence-electron chi connectivity index (χ0n) is 10.3. The first-order valence-corrected chi connectivity index (χ1v) is 5.20. The monoisotopic (exact) mass is 265 g/mol. The van der Waals surface area contributed by atoms with Crippen molar-refractivity contribution < 1.29 is 44.6 Å². The van der Waals surface area contributed by atoms with Crippen molar-refractivity contribution >= 4 is 17.3 Å². The number of aromatic carboxylic acids is 1. The molecule has 2 N–H and O–H groups in total. The molecule has 90 valence electrons. The maximum absolute atomic E-state index is 10.8. The van der Waals surface area contributed by atoms with Gasteiger partial charge in [0.15, 0.2) is 0 Å². The van der Waals surface area contributed by atoms with Crippen LogP contribution in [0.4, 0.5) is 11.4 Å². The Hall–Kier alpha value is -1.69. The van der Waals surface area contributed by atoms with E-state index in [1.54, 1.807) is 12.1 Å². The smallest absolute Gasteiger partial charge is 0.507 e. The summed E-state index contributed by atoms with van der Waals surface area (Å²) < 4.78 is 0. The summed E-state index contributed by atoms with van der Waals surface area (Å²) in [6, 6.07) is 13.1. The van der Waals surface area contributed by atoms with Gasteiger partial charge in [-0.05, 0) is 30.3 Å². The quantitative estimate of drug-likeness (QED) is 0.626. The average molecular weight is 265 g/mol. The first-order chi connectivity index (χ1) is 8.66. The Kier molecular flexibility index (Phi) is 5.69. The topological polar surface area (TPSA) is 82.2 Å². The number of azo groups is 1. The van der Waals surface area contributed by atoms with Crippen LogP contribution in [0.15, 0.2) is 58.8 Å². The van der Waals surface area contributed by atoms with Crippen LogP contribution in [0.5, 0.6) is 5.75 Å². The van der Waals surface area contributed by atoms with Crippen molar-refractivity contribution in [3.8, 4) is 5.75 Å². The van der Waals surface area contributed by atoms with Gasteiger partial charge in [-0.3, -0.25) is 0 Å². The molecule has 5 nitrogen and oxygen atoms in total. The molecule has 2 aromatic carbocycles. The van der Waals surface area contributed by atoms with E-state index in [-0.39, 0.29) is 40.9 Å². The third-order valence-corrected chi connectivity index (χ3v) is 2.25. The van der Waals surface area contributed by atoms with Crippen LogP contribution < -0.4 is 29.6 Å². The molecule has 0 aliphatic rings. The molecule has 2 aromatic rings. The third kappa shape index (κ3) is 4.17. The molecule has 19 heavy (non-hydrogen) atoms. The molecule has 0 aromatic heterocycles. The van der Waals surface area contributed by atoms with Crippen molar-refractivity contribution in [3.63, 3.8) is 0 Å². The van der Waals surface area contributed by atoms with Gasteiger partial charge in [0, 0.05) is 0 Å². The molecule has 0 aliphatic heterocycles. The first-order valence-electron chi connectivity index (χ1n) is 5.20. The minimum absolute atomic E-state index is 0. The molecular formula is C13H10N2NaO3+. The van der Waals surface area contributed by atoms with Crippen molar-refractivity contribution in [2.24, 2.45) is 10.2 Å². The Labute approximate surface area is 131 Å². The van der Waals surface area contributed by atoms with E-state index >= 15 is 0 Å². The van der Waals surface area contributed by atoms with E-state index in [9.17, 15) is 9.90 Å². The molecular weight excluding hydrogens is 255 g/mol. The minimum Gasteiger partial charge on any atom is -0.507 e. The number of carboxylic acids is 1. The molecule has 0 saturated heterocycles. The minimum atomic E-state index is -1.20. The Morgan fingerprint density at radius 3 is 2.21 bits per heavy atom. The number of aromatic hydroxyl groups is 1. The van der Waals surface area contributed by atoms with Gasteiger partial charge in [-0.15, -0.1) is 0 Å². The molecule has 0 amide bonds. The largest absolute Gasteiger partial charge is 1.00 e. The Morgan fingerprint density at radius 1 is 0.947 bits per heavy atom. The number of phenols is 1. The summed E-state index contributed by atoms with van der Waals surface area (Å²) in [5.41, 5.74) is 0.844. The second-order valence-electron chi connectivity index (χ2n) is 3.54. The van der Waals surface area contributed by atoms with E-state index in [1.165, 1.54) is 18.2 Å². The predicted octanol–water partition coefficient (Wildman–Crippen LogP) is 0.510. The molecule has 0 aliphatic carbocycles. The van der Waals surface area contributed by atoms with Crippen LogP contribution in [0.25, 0.3) is 0 Å². The Balaban J connectivity index is 0.00000180. The summed E-state index contributed by atoms with van der Waals surface area (Å²) in [5.74, 6) is -1.49. The third-order valence-electron chi connectivity index (χ3n) is 2.25. The fourth-order valence-electron chi connectivity index (χ4n) is 1.37. The van der Waals surface area contributed by atoms with Gasteiger partial charge in [0.1, 0.15) is 11.3 Å². The normalized spacial score (nSPS) is 10.1. The number of rotatable bonds is 3. The number of carboxylic acid groups (broad SMARTS) is 1. The molecule has 0 bridgehead atoms. The van der Waals surface area contributed by atoms with Gasteiger partial charge < -0.3 is 10.2 Å². The molecule has 0 spiro atoms. The predicted molar refractivity (Wildman–Crippen MR) is 65.7 cm³/mol. The molecule has 0 radical (unpaired) electrons. The van der Waals surface area contributed by atoms with E-state index < -0.39 is 5.97 Å². The second-order valence-corrected chi connectivity index (χ2v) is 3.54. The maximum atomic E-state index is 10.8. The van der Waals surface area contributed by atoms with E-state index in [4.69, 9.17) is 5.11 Å². The number of hydrogen-bond donors (Lipinski definition) is 2. The van der Waals surface area contributed by atoms with Gasteiger partial charge in [-0.2, -0.15) is 10.2 Å². The number of hydrogen-bond acceptors (Lipinski definition) is 4. The zero-order valence-corrected chi connectivity index (χ0v) is 12.3. The second kappa shape index (κ2) is 7.04. The Morgan fingerprint density at radius 2 is 1.58 bits per heavy atom. The summed E-state index contributed by atoms with van der Waals surface area (Å²) in [5, 5.41) is 26.0.